The number of piperidine rings is 1. The summed E-state index contributed by atoms with van der Waals surface area (Å²) >= 11 is 0. The fraction of sp³-hybridized carbons (Fsp3) is 0.409. The Balaban J connectivity index is 1.35. The van der Waals surface area contributed by atoms with Crippen molar-refractivity contribution < 1.29 is 19.0 Å². The van der Waals surface area contributed by atoms with Crippen molar-refractivity contribution in [2.45, 2.75) is 25.3 Å². The molecule has 0 spiro atoms. The monoisotopic (exact) mass is 382 g/mol. The Bertz CT molecular complexity index is 822. The summed E-state index contributed by atoms with van der Waals surface area (Å²) in [7, 11) is 1.64. The van der Waals surface area contributed by atoms with Gasteiger partial charge in [0.15, 0.2) is 11.5 Å². The van der Waals surface area contributed by atoms with Gasteiger partial charge in [-0.2, -0.15) is 0 Å². The van der Waals surface area contributed by atoms with Gasteiger partial charge in [0, 0.05) is 30.9 Å². The van der Waals surface area contributed by atoms with Crippen molar-refractivity contribution in [3.63, 3.8) is 0 Å². The highest BCUT2D eigenvalue weighted by atomic mass is 16.6. The average molecular weight is 382 g/mol. The molecular formula is C22H26N2O4. The summed E-state index contributed by atoms with van der Waals surface area (Å²) in [6.45, 7) is 2.69. The first-order valence-corrected chi connectivity index (χ1v) is 9.78. The molecule has 2 aliphatic rings. The van der Waals surface area contributed by atoms with Crippen molar-refractivity contribution in [1.82, 2.24) is 4.90 Å². The normalized spacial score (nSPS) is 18.5. The van der Waals surface area contributed by atoms with Crippen molar-refractivity contribution >= 4 is 11.6 Å². The number of rotatable bonds is 5. The average Bonchev–Trinajstić information content (AvgIpc) is 2.74. The highest BCUT2D eigenvalue weighted by Gasteiger charge is 2.24. The van der Waals surface area contributed by atoms with E-state index in [0.717, 1.165) is 47.9 Å². The molecule has 6 heteroatoms. The number of carbonyl (C=O) groups is 1. The summed E-state index contributed by atoms with van der Waals surface area (Å²) in [6, 6.07) is 13.8. The number of hydrogen-bond acceptors (Lipinski definition) is 5. The van der Waals surface area contributed by atoms with Gasteiger partial charge in [-0.1, -0.05) is 12.1 Å². The molecule has 2 aromatic carbocycles. The number of ether oxygens (including phenoxy) is 3. The van der Waals surface area contributed by atoms with Crippen molar-refractivity contribution in [1.29, 1.82) is 0 Å². The number of hydrogen-bond donors (Lipinski definition) is 1. The van der Waals surface area contributed by atoms with Crippen LogP contribution in [-0.4, -0.2) is 50.3 Å². The number of fused-ring (bicyclic) bond motifs is 1. The molecule has 0 saturated carbocycles. The summed E-state index contributed by atoms with van der Waals surface area (Å²) < 4.78 is 16.4. The molecule has 6 nitrogen and oxygen atoms in total. The first-order valence-electron chi connectivity index (χ1n) is 9.78. The zero-order valence-electron chi connectivity index (χ0n) is 16.1. The first kappa shape index (κ1) is 18.5. The van der Waals surface area contributed by atoms with E-state index in [2.05, 4.69) is 5.32 Å². The zero-order valence-corrected chi connectivity index (χ0v) is 16.1. The molecule has 1 N–H and O–H groups in total. The second-order valence-electron chi connectivity index (χ2n) is 7.21. The summed E-state index contributed by atoms with van der Waals surface area (Å²) in [5.41, 5.74) is 2.01. The third kappa shape index (κ3) is 4.32. The summed E-state index contributed by atoms with van der Waals surface area (Å²) in [6.07, 6.45) is 2.46. The van der Waals surface area contributed by atoms with Crippen molar-refractivity contribution in [2.24, 2.45) is 0 Å². The second kappa shape index (κ2) is 8.42. The second-order valence-corrected chi connectivity index (χ2v) is 7.21. The van der Waals surface area contributed by atoms with Crippen LogP contribution in [0.1, 0.15) is 18.4 Å². The van der Waals surface area contributed by atoms with Gasteiger partial charge in [-0.25, -0.2) is 0 Å². The van der Waals surface area contributed by atoms with E-state index in [1.807, 2.05) is 47.4 Å². The Morgan fingerprint density at radius 1 is 1.14 bits per heavy atom. The molecule has 1 fully saturated rings. The number of anilines is 1. The van der Waals surface area contributed by atoms with E-state index in [9.17, 15) is 4.79 Å². The molecule has 1 amide bonds. The van der Waals surface area contributed by atoms with Crippen LogP contribution in [0.5, 0.6) is 17.2 Å². The van der Waals surface area contributed by atoms with Gasteiger partial charge in [-0.05, 0) is 42.7 Å². The minimum atomic E-state index is 0.166. The van der Waals surface area contributed by atoms with Crippen LogP contribution < -0.4 is 19.5 Å². The van der Waals surface area contributed by atoms with Gasteiger partial charge >= 0.3 is 0 Å². The van der Waals surface area contributed by atoms with Gasteiger partial charge in [0.1, 0.15) is 19.0 Å². The first-order chi connectivity index (χ1) is 13.7. The smallest absolute Gasteiger partial charge is 0.227 e. The van der Waals surface area contributed by atoms with Crippen LogP contribution in [0.25, 0.3) is 0 Å². The highest BCUT2D eigenvalue weighted by Crippen LogP contribution is 2.33. The van der Waals surface area contributed by atoms with E-state index in [1.54, 1.807) is 7.11 Å². The number of methoxy groups -OCH3 is 1. The predicted molar refractivity (Wildman–Crippen MR) is 107 cm³/mol. The lowest BCUT2D eigenvalue weighted by molar-refractivity contribution is -0.131. The molecule has 148 valence electrons. The number of benzene rings is 2. The number of likely N-dealkylation sites (tertiary alicyclic amines) is 1. The fourth-order valence-corrected chi connectivity index (χ4v) is 3.72. The van der Waals surface area contributed by atoms with Crippen LogP contribution in [0.3, 0.4) is 0 Å². The van der Waals surface area contributed by atoms with Gasteiger partial charge in [-0.15, -0.1) is 0 Å². The van der Waals surface area contributed by atoms with E-state index in [-0.39, 0.29) is 11.9 Å². The van der Waals surface area contributed by atoms with Crippen LogP contribution in [0.2, 0.25) is 0 Å². The Hall–Kier alpha value is -2.89. The van der Waals surface area contributed by atoms with Crippen molar-refractivity contribution in [2.75, 3.05) is 38.7 Å². The molecule has 0 bridgehead atoms. The van der Waals surface area contributed by atoms with Gasteiger partial charge in [0.2, 0.25) is 5.91 Å². The number of amides is 1. The highest BCUT2D eigenvalue weighted by molar-refractivity contribution is 5.79. The molecule has 2 aromatic rings. The lowest BCUT2D eigenvalue weighted by Crippen LogP contribution is -2.45. The van der Waals surface area contributed by atoms with E-state index in [1.165, 1.54) is 0 Å². The molecule has 1 saturated heterocycles. The largest absolute Gasteiger partial charge is 0.497 e. The third-order valence-electron chi connectivity index (χ3n) is 5.20. The topological polar surface area (TPSA) is 60.0 Å². The number of nitrogens with one attached hydrogen (secondary N) is 1. The molecule has 2 aliphatic heterocycles. The lowest BCUT2D eigenvalue weighted by atomic mass is 10.0. The molecule has 2 heterocycles. The Labute approximate surface area is 165 Å². The van der Waals surface area contributed by atoms with E-state index in [0.29, 0.717) is 26.2 Å². The summed E-state index contributed by atoms with van der Waals surface area (Å²) in [4.78, 5) is 14.7. The Morgan fingerprint density at radius 3 is 2.71 bits per heavy atom. The van der Waals surface area contributed by atoms with Crippen LogP contribution in [0.4, 0.5) is 5.69 Å². The minimum Gasteiger partial charge on any atom is -0.497 e. The maximum atomic E-state index is 12.7. The molecule has 28 heavy (non-hydrogen) atoms. The van der Waals surface area contributed by atoms with Crippen LogP contribution >= 0.6 is 0 Å². The predicted octanol–water partition coefficient (Wildman–Crippen LogP) is 3.11. The van der Waals surface area contributed by atoms with Gasteiger partial charge < -0.3 is 24.4 Å². The Morgan fingerprint density at radius 2 is 1.93 bits per heavy atom. The molecule has 4 rings (SSSR count). The van der Waals surface area contributed by atoms with E-state index in [4.69, 9.17) is 14.2 Å². The quantitative estimate of drug-likeness (QED) is 0.861. The van der Waals surface area contributed by atoms with E-state index < -0.39 is 0 Å². The fourth-order valence-electron chi connectivity index (χ4n) is 3.72. The van der Waals surface area contributed by atoms with Crippen molar-refractivity contribution in [3.05, 3.63) is 48.0 Å². The van der Waals surface area contributed by atoms with Gasteiger partial charge in [-0.3, -0.25) is 4.79 Å². The van der Waals surface area contributed by atoms with Crippen LogP contribution in [-0.2, 0) is 11.2 Å². The van der Waals surface area contributed by atoms with Gasteiger partial charge in [0.05, 0.1) is 13.5 Å². The molecule has 0 radical (unpaired) electrons. The molecular weight excluding hydrogens is 356 g/mol. The zero-order chi connectivity index (χ0) is 19.3. The minimum absolute atomic E-state index is 0.166. The standard InChI is InChI=1S/C22H26N2O4/c1-26-19-7-4-16(5-8-19)13-22(25)24-10-2-3-18(15-24)23-17-6-9-20-21(14-17)28-12-11-27-20/h4-9,14,18,23H,2-3,10-13,15H2,1H3/t18-/m1/s1. The van der Waals surface area contributed by atoms with Crippen LogP contribution in [0.15, 0.2) is 42.5 Å². The lowest BCUT2D eigenvalue weighted by Gasteiger charge is -2.34. The van der Waals surface area contributed by atoms with Gasteiger partial charge in [0.25, 0.3) is 0 Å². The molecule has 1 atom stereocenters. The number of carbonyl (C=O) groups excluding carboxylic acids is 1. The van der Waals surface area contributed by atoms with Crippen molar-refractivity contribution in [3.8, 4) is 17.2 Å². The third-order valence-corrected chi connectivity index (χ3v) is 5.20. The maximum Gasteiger partial charge on any atom is 0.227 e. The number of nitrogens with zero attached hydrogens (tertiary/aromatic N) is 1. The van der Waals surface area contributed by atoms with Crippen LogP contribution in [0, 0.1) is 0 Å². The Kier molecular flexibility index (Phi) is 5.55. The maximum absolute atomic E-state index is 12.7. The molecule has 0 aromatic heterocycles. The molecule has 0 aliphatic carbocycles. The van der Waals surface area contributed by atoms with E-state index >= 15 is 0 Å². The molecule has 0 unspecified atom stereocenters. The summed E-state index contributed by atoms with van der Waals surface area (Å²) in [5.74, 6) is 2.54. The summed E-state index contributed by atoms with van der Waals surface area (Å²) in [5, 5.41) is 3.55. The SMILES string of the molecule is COc1ccc(CC(=O)N2CCC[C@@H](Nc3ccc4c(c3)OCCO4)C2)cc1.